The summed E-state index contributed by atoms with van der Waals surface area (Å²) in [7, 11) is 0. The molecule has 0 aromatic heterocycles. The van der Waals surface area contributed by atoms with E-state index in [4.69, 9.17) is 10.5 Å². The number of carbonyl (C=O) groups excluding carboxylic acids is 2. The number of piperidine rings is 1. The van der Waals surface area contributed by atoms with Gasteiger partial charge in [0.25, 0.3) is 5.91 Å². The highest BCUT2D eigenvalue weighted by atomic mass is 16.5. The third-order valence-electron chi connectivity index (χ3n) is 4.41. The molecule has 2 aromatic carbocycles. The van der Waals surface area contributed by atoms with Crippen molar-refractivity contribution in [3.63, 3.8) is 0 Å². The summed E-state index contributed by atoms with van der Waals surface area (Å²) >= 11 is 0. The quantitative estimate of drug-likeness (QED) is 0.862. The summed E-state index contributed by atoms with van der Waals surface area (Å²) in [5, 5.41) is 10.5. The van der Waals surface area contributed by atoms with Gasteiger partial charge in [-0.25, -0.2) is 0 Å². The van der Waals surface area contributed by atoms with E-state index in [0.29, 0.717) is 36.4 Å². The van der Waals surface area contributed by atoms with Crippen LogP contribution in [0.5, 0.6) is 11.5 Å². The van der Waals surface area contributed by atoms with E-state index in [9.17, 15) is 14.7 Å². The number of β-amino-alcohol motifs (C(OH)–C–C–N with tert-alkyl or cyclic N) is 1. The van der Waals surface area contributed by atoms with Gasteiger partial charge in [0, 0.05) is 12.1 Å². The lowest BCUT2D eigenvalue weighted by Crippen LogP contribution is -2.51. The number of nitrogens with zero attached hydrogens (tertiary/aromatic N) is 1. The number of likely N-dealkylation sites (tertiary alicyclic amines) is 1. The van der Waals surface area contributed by atoms with Crippen molar-refractivity contribution >= 4 is 11.8 Å². The van der Waals surface area contributed by atoms with Gasteiger partial charge in [-0.05, 0) is 43.2 Å². The zero-order valence-corrected chi connectivity index (χ0v) is 14.4. The summed E-state index contributed by atoms with van der Waals surface area (Å²) in [6.07, 6.45) is 0.931. The van der Waals surface area contributed by atoms with Crippen molar-refractivity contribution < 1.29 is 19.4 Å². The van der Waals surface area contributed by atoms with E-state index in [1.54, 1.807) is 29.2 Å². The third-order valence-corrected chi connectivity index (χ3v) is 4.41. The van der Waals surface area contributed by atoms with Crippen LogP contribution in [0.4, 0.5) is 0 Å². The maximum absolute atomic E-state index is 12.8. The van der Waals surface area contributed by atoms with Gasteiger partial charge in [-0.2, -0.15) is 0 Å². The molecule has 6 heteroatoms. The Morgan fingerprint density at radius 2 is 1.85 bits per heavy atom. The summed E-state index contributed by atoms with van der Waals surface area (Å²) in [4.78, 5) is 25.6. The number of benzene rings is 2. The second kappa shape index (κ2) is 7.58. The molecular weight excluding hydrogens is 332 g/mol. The second-order valence-electron chi connectivity index (χ2n) is 6.64. The van der Waals surface area contributed by atoms with Crippen LogP contribution in [0.3, 0.4) is 0 Å². The molecule has 2 amide bonds. The van der Waals surface area contributed by atoms with Crippen molar-refractivity contribution in [1.29, 1.82) is 0 Å². The summed E-state index contributed by atoms with van der Waals surface area (Å²) in [5.41, 5.74) is 4.44. The monoisotopic (exact) mass is 354 g/mol. The lowest BCUT2D eigenvalue weighted by molar-refractivity contribution is -0.125. The standard InChI is InChI=1S/C20H22N2O4/c21-18(23)13-20(25)10-5-11-22(14-20)19(24)15-6-4-9-17(12-15)26-16-7-2-1-3-8-16/h1-4,6-9,12,25H,5,10-11,13-14H2,(H2,21,23). The van der Waals surface area contributed by atoms with E-state index in [-0.39, 0.29) is 18.9 Å². The third kappa shape index (κ3) is 4.40. The molecule has 3 rings (SSSR count). The highest BCUT2D eigenvalue weighted by molar-refractivity contribution is 5.94. The molecule has 1 saturated heterocycles. The largest absolute Gasteiger partial charge is 0.457 e. The van der Waals surface area contributed by atoms with Crippen molar-refractivity contribution in [2.24, 2.45) is 5.73 Å². The molecule has 1 heterocycles. The lowest BCUT2D eigenvalue weighted by atomic mass is 9.89. The Kier molecular flexibility index (Phi) is 5.23. The number of primary amides is 1. The molecule has 1 aliphatic rings. The Hall–Kier alpha value is -2.86. The first kappa shape index (κ1) is 17.9. The first-order valence-corrected chi connectivity index (χ1v) is 8.58. The number of rotatable bonds is 5. The zero-order chi connectivity index (χ0) is 18.6. The fourth-order valence-electron chi connectivity index (χ4n) is 3.25. The minimum absolute atomic E-state index is 0.0958. The molecule has 0 spiro atoms. The molecule has 1 atom stereocenters. The minimum Gasteiger partial charge on any atom is -0.457 e. The number of hydrogen-bond donors (Lipinski definition) is 2. The molecule has 1 aliphatic heterocycles. The molecule has 26 heavy (non-hydrogen) atoms. The van der Waals surface area contributed by atoms with Gasteiger partial charge in [-0.15, -0.1) is 0 Å². The number of para-hydroxylation sites is 1. The van der Waals surface area contributed by atoms with Gasteiger partial charge in [-0.1, -0.05) is 24.3 Å². The molecule has 0 radical (unpaired) electrons. The number of hydrogen-bond acceptors (Lipinski definition) is 4. The number of nitrogens with two attached hydrogens (primary N) is 1. The Morgan fingerprint density at radius 3 is 2.58 bits per heavy atom. The summed E-state index contributed by atoms with van der Waals surface area (Å²) in [6.45, 7) is 0.627. The first-order valence-electron chi connectivity index (χ1n) is 8.58. The van der Waals surface area contributed by atoms with Crippen LogP contribution in [-0.2, 0) is 4.79 Å². The Bertz CT molecular complexity index is 793. The van der Waals surface area contributed by atoms with Crippen molar-refractivity contribution in [2.75, 3.05) is 13.1 Å². The van der Waals surface area contributed by atoms with E-state index in [1.807, 2.05) is 30.3 Å². The van der Waals surface area contributed by atoms with Crippen molar-refractivity contribution in [1.82, 2.24) is 4.90 Å². The van der Waals surface area contributed by atoms with Gasteiger partial charge in [0.15, 0.2) is 0 Å². The zero-order valence-electron chi connectivity index (χ0n) is 14.4. The van der Waals surface area contributed by atoms with Crippen molar-refractivity contribution in [3.05, 3.63) is 60.2 Å². The maximum atomic E-state index is 12.8. The predicted octanol–water partition coefficient (Wildman–Crippen LogP) is 2.32. The van der Waals surface area contributed by atoms with E-state index >= 15 is 0 Å². The van der Waals surface area contributed by atoms with Crippen LogP contribution in [0.25, 0.3) is 0 Å². The molecule has 0 saturated carbocycles. The van der Waals surface area contributed by atoms with Crippen LogP contribution < -0.4 is 10.5 Å². The molecule has 3 N–H and O–H groups in total. The van der Waals surface area contributed by atoms with Gasteiger partial charge in [0.1, 0.15) is 11.5 Å². The molecule has 0 aliphatic carbocycles. The number of amides is 2. The highest BCUT2D eigenvalue weighted by Crippen LogP contribution is 2.27. The minimum atomic E-state index is -1.25. The van der Waals surface area contributed by atoms with E-state index < -0.39 is 11.5 Å². The fraction of sp³-hybridized carbons (Fsp3) is 0.300. The van der Waals surface area contributed by atoms with Crippen molar-refractivity contribution in [3.8, 4) is 11.5 Å². The normalized spacial score (nSPS) is 19.8. The predicted molar refractivity (Wildman–Crippen MR) is 96.9 cm³/mol. The molecular formula is C20H22N2O4. The van der Waals surface area contributed by atoms with E-state index in [1.165, 1.54) is 0 Å². The average Bonchev–Trinajstić information content (AvgIpc) is 2.61. The molecule has 0 bridgehead atoms. The van der Waals surface area contributed by atoms with Crippen molar-refractivity contribution in [2.45, 2.75) is 24.9 Å². The SMILES string of the molecule is NC(=O)CC1(O)CCCN(C(=O)c2cccc(Oc3ccccc3)c2)C1. The van der Waals surface area contributed by atoms with Gasteiger partial charge < -0.3 is 20.5 Å². The first-order chi connectivity index (χ1) is 12.5. The summed E-state index contributed by atoms with van der Waals surface area (Å²) in [6, 6.07) is 16.2. The molecule has 136 valence electrons. The highest BCUT2D eigenvalue weighted by Gasteiger charge is 2.36. The Balaban J connectivity index is 1.73. The van der Waals surface area contributed by atoms with Gasteiger partial charge >= 0.3 is 0 Å². The van der Waals surface area contributed by atoms with Gasteiger partial charge in [0.2, 0.25) is 5.91 Å². The smallest absolute Gasteiger partial charge is 0.254 e. The molecule has 2 aromatic rings. The maximum Gasteiger partial charge on any atom is 0.254 e. The van der Waals surface area contributed by atoms with Crippen LogP contribution in [-0.4, -0.2) is 40.5 Å². The fourth-order valence-corrected chi connectivity index (χ4v) is 3.25. The number of aliphatic hydroxyl groups is 1. The van der Waals surface area contributed by atoms with Crippen LogP contribution >= 0.6 is 0 Å². The van der Waals surface area contributed by atoms with Gasteiger partial charge in [-0.3, -0.25) is 9.59 Å². The Morgan fingerprint density at radius 1 is 1.12 bits per heavy atom. The topological polar surface area (TPSA) is 92.9 Å². The van der Waals surface area contributed by atoms with Crippen LogP contribution in [0.2, 0.25) is 0 Å². The molecule has 6 nitrogen and oxygen atoms in total. The summed E-state index contributed by atoms with van der Waals surface area (Å²) < 4.78 is 5.77. The van der Waals surface area contributed by atoms with Crippen LogP contribution in [0.1, 0.15) is 29.6 Å². The van der Waals surface area contributed by atoms with Gasteiger partial charge in [0.05, 0.1) is 18.6 Å². The van der Waals surface area contributed by atoms with E-state index in [0.717, 1.165) is 0 Å². The lowest BCUT2D eigenvalue weighted by Gasteiger charge is -2.38. The van der Waals surface area contributed by atoms with Crippen LogP contribution in [0, 0.1) is 0 Å². The van der Waals surface area contributed by atoms with Crippen LogP contribution in [0.15, 0.2) is 54.6 Å². The number of ether oxygens (including phenoxy) is 1. The van der Waals surface area contributed by atoms with E-state index in [2.05, 4.69) is 0 Å². The summed E-state index contributed by atoms with van der Waals surface area (Å²) in [5.74, 6) is 0.475. The molecule has 1 fully saturated rings. The number of carbonyl (C=O) groups is 2. The average molecular weight is 354 g/mol. The molecule has 1 unspecified atom stereocenters. The second-order valence-corrected chi connectivity index (χ2v) is 6.64. The Labute approximate surface area is 152 Å².